The molecular formula is C15H18N4O. The molecule has 5 nitrogen and oxygen atoms in total. The third-order valence-corrected chi connectivity index (χ3v) is 3.59. The number of nitrogens with zero attached hydrogens (tertiary/aromatic N) is 2. The Morgan fingerprint density at radius 2 is 2.35 bits per heavy atom. The third kappa shape index (κ3) is 2.66. The zero-order valence-electron chi connectivity index (χ0n) is 11.5. The van der Waals surface area contributed by atoms with Crippen LogP contribution in [-0.2, 0) is 24.8 Å². The van der Waals surface area contributed by atoms with Crippen LogP contribution >= 0.6 is 0 Å². The van der Waals surface area contributed by atoms with Crippen molar-refractivity contribution in [2.45, 2.75) is 25.4 Å². The Balaban J connectivity index is 1.59. The lowest BCUT2D eigenvalue weighted by Gasteiger charge is -2.26. The molecule has 2 heterocycles. The lowest BCUT2D eigenvalue weighted by Crippen LogP contribution is -2.41. The van der Waals surface area contributed by atoms with Gasteiger partial charge in [-0.25, -0.2) is 0 Å². The molecule has 0 aliphatic carbocycles. The molecule has 0 bridgehead atoms. The number of nitrogens with one attached hydrogen (secondary N) is 2. The van der Waals surface area contributed by atoms with Crippen molar-refractivity contribution in [1.29, 1.82) is 0 Å². The number of anilines is 1. The number of hydrogen-bond donors (Lipinski definition) is 2. The van der Waals surface area contributed by atoms with E-state index < -0.39 is 0 Å². The predicted molar refractivity (Wildman–Crippen MR) is 77.2 cm³/mol. The average molecular weight is 270 g/mol. The van der Waals surface area contributed by atoms with Crippen LogP contribution in [0.3, 0.4) is 0 Å². The van der Waals surface area contributed by atoms with Gasteiger partial charge in [0.25, 0.3) is 0 Å². The van der Waals surface area contributed by atoms with E-state index in [1.807, 2.05) is 31.4 Å². The maximum atomic E-state index is 12.2. The van der Waals surface area contributed by atoms with E-state index in [1.165, 1.54) is 5.56 Å². The number of fused-ring (bicyclic) bond motifs is 1. The van der Waals surface area contributed by atoms with Gasteiger partial charge in [0.05, 0.1) is 6.20 Å². The molecule has 3 rings (SSSR count). The van der Waals surface area contributed by atoms with E-state index in [0.717, 1.165) is 24.1 Å². The molecule has 104 valence electrons. The Bertz CT molecular complexity index is 620. The second-order valence-electron chi connectivity index (χ2n) is 5.13. The fourth-order valence-corrected chi connectivity index (χ4v) is 2.51. The standard InChI is InChI=1S/C15H18N4O/c1-19-10-11(9-17-19)8-16-15(20)14-7-6-12-4-2-3-5-13(12)18-14/h2-5,9-10,14,18H,6-8H2,1H3,(H,16,20). The Morgan fingerprint density at radius 3 is 3.15 bits per heavy atom. The smallest absolute Gasteiger partial charge is 0.242 e. The second kappa shape index (κ2) is 5.36. The number of aromatic nitrogens is 2. The number of hydrogen-bond acceptors (Lipinski definition) is 3. The van der Waals surface area contributed by atoms with Crippen LogP contribution < -0.4 is 10.6 Å². The lowest BCUT2D eigenvalue weighted by molar-refractivity contribution is -0.122. The summed E-state index contributed by atoms with van der Waals surface area (Å²) < 4.78 is 1.73. The van der Waals surface area contributed by atoms with E-state index >= 15 is 0 Å². The summed E-state index contributed by atoms with van der Waals surface area (Å²) >= 11 is 0. The van der Waals surface area contributed by atoms with E-state index in [2.05, 4.69) is 21.8 Å². The quantitative estimate of drug-likeness (QED) is 0.888. The fourth-order valence-electron chi connectivity index (χ4n) is 2.51. The predicted octanol–water partition coefficient (Wildman–Crippen LogP) is 1.46. The summed E-state index contributed by atoms with van der Waals surface area (Å²) in [4.78, 5) is 12.2. The van der Waals surface area contributed by atoms with Gasteiger partial charge in [-0.3, -0.25) is 9.48 Å². The topological polar surface area (TPSA) is 59.0 Å². The number of amides is 1. The van der Waals surface area contributed by atoms with Crippen molar-refractivity contribution in [1.82, 2.24) is 15.1 Å². The highest BCUT2D eigenvalue weighted by atomic mass is 16.2. The SMILES string of the molecule is Cn1cc(CNC(=O)C2CCc3ccccc3N2)cn1. The summed E-state index contributed by atoms with van der Waals surface area (Å²) in [6.07, 6.45) is 5.44. The normalized spacial score (nSPS) is 17.1. The summed E-state index contributed by atoms with van der Waals surface area (Å²) in [6.45, 7) is 0.520. The highest BCUT2D eigenvalue weighted by Gasteiger charge is 2.23. The highest BCUT2D eigenvalue weighted by molar-refractivity contribution is 5.85. The number of aryl methyl sites for hydroxylation is 2. The minimum absolute atomic E-state index is 0.0448. The van der Waals surface area contributed by atoms with E-state index in [4.69, 9.17) is 0 Å². The average Bonchev–Trinajstić information content (AvgIpc) is 2.90. The maximum Gasteiger partial charge on any atom is 0.242 e. The van der Waals surface area contributed by atoms with Gasteiger partial charge in [-0.1, -0.05) is 18.2 Å². The molecule has 1 aliphatic heterocycles. The zero-order valence-corrected chi connectivity index (χ0v) is 11.5. The van der Waals surface area contributed by atoms with Crippen LogP contribution in [0.4, 0.5) is 5.69 Å². The number of benzene rings is 1. The molecule has 0 spiro atoms. The van der Waals surface area contributed by atoms with E-state index in [0.29, 0.717) is 6.54 Å². The molecule has 1 aliphatic rings. The van der Waals surface area contributed by atoms with Crippen LogP contribution in [0, 0.1) is 0 Å². The number of para-hydroxylation sites is 1. The van der Waals surface area contributed by atoms with Crippen molar-refractivity contribution in [2.24, 2.45) is 7.05 Å². The van der Waals surface area contributed by atoms with Gasteiger partial charge < -0.3 is 10.6 Å². The molecule has 0 saturated carbocycles. The monoisotopic (exact) mass is 270 g/mol. The molecule has 1 atom stereocenters. The van der Waals surface area contributed by atoms with E-state index in [9.17, 15) is 4.79 Å². The van der Waals surface area contributed by atoms with Gasteiger partial charge in [0.1, 0.15) is 6.04 Å². The van der Waals surface area contributed by atoms with Gasteiger partial charge in [-0.2, -0.15) is 5.10 Å². The minimum Gasteiger partial charge on any atom is -0.373 e. The molecule has 1 aromatic carbocycles. The molecule has 0 radical (unpaired) electrons. The van der Waals surface area contributed by atoms with E-state index in [1.54, 1.807) is 10.9 Å². The van der Waals surface area contributed by atoms with Crippen LogP contribution in [0.5, 0.6) is 0 Å². The minimum atomic E-state index is -0.151. The Labute approximate surface area is 118 Å². The van der Waals surface area contributed by atoms with Gasteiger partial charge in [0.2, 0.25) is 5.91 Å². The molecular weight excluding hydrogens is 252 g/mol. The van der Waals surface area contributed by atoms with Gasteiger partial charge >= 0.3 is 0 Å². The van der Waals surface area contributed by atoms with Crippen molar-refractivity contribution >= 4 is 11.6 Å². The first-order valence-electron chi connectivity index (χ1n) is 6.82. The van der Waals surface area contributed by atoms with E-state index in [-0.39, 0.29) is 11.9 Å². The zero-order chi connectivity index (χ0) is 13.9. The molecule has 5 heteroatoms. The summed E-state index contributed by atoms with van der Waals surface area (Å²) in [5, 5.41) is 10.3. The third-order valence-electron chi connectivity index (χ3n) is 3.59. The highest BCUT2D eigenvalue weighted by Crippen LogP contribution is 2.24. The van der Waals surface area contributed by atoms with Gasteiger partial charge in [-0.05, 0) is 24.5 Å². The van der Waals surface area contributed by atoms with Crippen molar-refractivity contribution in [3.8, 4) is 0 Å². The molecule has 20 heavy (non-hydrogen) atoms. The molecule has 1 amide bonds. The first-order chi connectivity index (χ1) is 9.72. The second-order valence-corrected chi connectivity index (χ2v) is 5.13. The lowest BCUT2D eigenvalue weighted by atomic mass is 9.98. The Hall–Kier alpha value is -2.30. The molecule has 0 fully saturated rings. The van der Waals surface area contributed by atoms with Crippen molar-refractivity contribution < 1.29 is 4.79 Å². The molecule has 2 aromatic rings. The summed E-state index contributed by atoms with van der Waals surface area (Å²) in [5.41, 5.74) is 3.36. The van der Waals surface area contributed by atoms with Crippen LogP contribution in [0.1, 0.15) is 17.5 Å². The maximum absolute atomic E-state index is 12.2. The number of carbonyl (C=O) groups excluding carboxylic acids is 1. The van der Waals surface area contributed by atoms with Crippen molar-refractivity contribution in [2.75, 3.05) is 5.32 Å². The van der Waals surface area contributed by atoms with Gasteiger partial charge in [0, 0.05) is 31.0 Å². The van der Waals surface area contributed by atoms with Crippen molar-refractivity contribution in [3.05, 3.63) is 47.8 Å². The first-order valence-corrected chi connectivity index (χ1v) is 6.82. The van der Waals surface area contributed by atoms with Crippen LogP contribution in [0.2, 0.25) is 0 Å². The summed E-state index contributed by atoms with van der Waals surface area (Å²) in [5.74, 6) is 0.0448. The fraction of sp³-hybridized carbons (Fsp3) is 0.333. The van der Waals surface area contributed by atoms with Gasteiger partial charge in [-0.15, -0.1) is 0 Å². The van der Waals surface area contributed by atoms with Gasteiger partial charge in [0.15, 0.2) is 0 Å². The molecule has 1 unspecified atom stereocenters. The Kier molecular flexibility index (Phi) is 3.41. The molecule has 0 saturated heterocycles. The van der Waals surface area contributed by atoms with Crippen LogP contribution in [0.15, 0.2) is 36.7 Å². The first kappa shape index (κ1) is 12.7. The molecule has 2 N–H and O–H groups in total. The van der Waals surface area contributed by atoms with Crippen LogP contribution in [-0.4, -0.2) is 21.7 Å². The molecule has 1 aromatic heterocycles. The largest absolute Gasteiger partial charge is 0.373 e. The Morgan fingerprint density at radius 1 is 1.50 bits per heavy atom. The van der Waals surface area contributed by atoms with Crippen molar-refractivity contribution in [3.63, 3.8) is 0 Å². The summed E-state index contributed by atoms with van der Waals surface area (Å²) in [7, 11) is 1.87. The summed E-state index contributed by atoms with van der Waals surface area (Å²) in [6, 6.07) is 7.99. The number of carbonyl (C=O) groups is 1. The van der Waals surface area contributed by atoms with Crippen LogP contribution in [0.25, 0.3) is 0 Å². The number of rotatable bonds is 3.